The van der Waals surface area contributed by atoms with Gasteiger partial charge in [0.05, 0.1) is 6.10 Å². The predicted molar refractivity (Wildman–Crippen MR) is 118 cm³/mol. The molecule has 6 heteroatoms. The summed E-state index contributed by atoms with van der Waals surface area (Å²) in [6.07, 6.45) is -0.0402. The number of aliphatic hydroxyl groups is 1. The van der Waals surface area contributed by atoms with Gasteiger partial charge in [0.2, 0.25) is 0 Å². The van der Waals surface area contributed by atoms with Crippen molar-refractivity contribution in [3.05, 3.63) is 53.1 Å². The van der Waals surface area contributed by atoms with Crippen molar-refractivity contribution in [2.45, 2.75) is 58.1 Å². The minimum Gasteiger partial charge on any atom is -0.506 e. The molecule has 0 aromatic heterocycles. The zero-order valence-electron chi connectivity index (χ0n) is 18.4. The van der Waals surface area contributed by atoms with Crippen LogP contribution >= 0.6 is 0 Å². The van der Waals surface area contributed by atoms with Gasteiger partial charge >= 0.3 is 0 Å². The minimum atomic E-state index is -0.850. The van der Waals surface area contributed by atoms with Crippen LogP contribution in [0, 0.1) is 0 Å². The topological polar surface area (TPSA) is 90.8 Å². The van der Waals surface area contributed by atoms with E-state index in [9.17, 15) is 15.0 Å². The summed E-state index contributed by atoms with van der Waals surface area (Å²) in [5, 5.41) is 26.8. The highest BCUT2D eigenvalue weighted by Gasteiger charge is 2.27. The maximum absolute atomic E-state index is 11.5. The van der Waals surface area contributed by atoms with Crippen LogP contribution < -0.4 is 15.4 Å². The summed E-state index contributed by atoms with van der Waals surface area (Å²) in [5.41, 5.74) is 3.15. The molecule has 1 amide bonds. The Bertz CT molecular complexity index is 914. The number of fused-ring (bicyclic) bond motifs is 1. The fraction of sp³-hybridized carbons (Fsp3) is 0.458. The zero-order valence-corrected chi connectivity index (χ0v) is 18.4. The van der Waals surface area contributed by atoms with Crippen molar-refractivity contribution in [2.24, 2.45) is 0 Å². The Kier molecular flexibility index (Phi) is 6.11. The first kappa shape index (κ1) is 22.1. The molecule has 1 aliphatic heterocycles. The van der Waals surface area contributed by atoms with Gasteiger partial charge in [-0.1, -0.05) is 45.0 Å². The number of nitrogens with one attached hydrogen (secondary N) is 2. The summed E-state index contributed by atoms with van der Waals surface area (Å²) in [7, 11) is 0. The van der Waals surface area contributed by atoms with Crippen molar-refractivity contribution in [1.82, 2.24) is 5.32 Å². The van der Waals surface area contributed by atoms with Crippen molar-refractivity contribution in [1.29, 1.82) is 0 Å². The van der Waals surface area contributed by atoms with Crippen LogP contribution in [0.2, 0.25) is 0 Å². The van der Waals surface area contributed by atoms with Gasteiger partial charge in [0.15, 0.2) is 12.4 Å². The first-order valence-electron chi connectivity index (χ1n) is 10.3. The number of phenols is 1. The third kappa shape index (κ3) is 5.12. The van der Waals surface area contributed by atoms with Gasteiger partial charge in [0, 0.05) is 17.6 Å². The number of aliphatic hydroxyl groups excluding tert-OH is 1. The number of carbonyl (C=O) groups is 1. The Balaban J connectivity index is 1.66. The van der Waals surface area contributed by atoms with Crippen LogP contribution in [0.4, 0.5) is 5.69 Å². The number of hydrogen-bond acceptors (Lipinski definition) is 5. The lowest BCUT2D eigenvalue weighted by molar-refractivity contribution is -0.118. The van der Waals surface area contributed by atoms with Crippen molar-refractivity contribution < 1.29 is 19.7 Å². The Morgan fingerprint density at radius 3 is 2.40 bits per heavy atom. The third-order valence-electron chi connectivity index (χ3n) is 5.38. The van der Waals surface area contributed by atoms with Gasteiger partial charge < -0.3 is 25.6 Å². The van der Waals surface area contributed by atoms with E-state index in [0.717, 1.165) is 6.42 Å². The number of hydrogen-bond donors (Lipinski definition) is 4. The van der Waals surface area contributed by atoms with Crippen LogP contribution in [0.25, 0.3) is 0 Å². The SMILES string of the molecule is CC(C)(Cc1ccc(C(C)(C)C)cc1)NCC(O)c1ccc(O)c2c1OCC(=O)N2. The Labute approximate surface area is 178 Å². The summed E-state index contributed by atoms with van der Waals surface area (Å²) in [4.78, 5) is 11.5. The first-order chi connectivity index (χ1) is 14.0. The summed E-state index contributed by atoms with van der Waals surface area (Å²) < 4.78 is 5.48. The molecule has 0 aliphatic carbocycles. The number of anilines is 1. The molecule has 2 aromatic rings. The smallest absolute Gasteiger partial charge is 0.262 e. The molecule has 0 bridgehead atoms. The number of amides is 1. The molecule has 0 saturated heterocycles. The van der Waals surface area contributed by atoms with Gasteiger partial charge in [0.1, 0.15) is 11.4 Å². The number of aromatic hydroxyl groups is 1. The third-order valence-corrected chi connectivity index (χ3v) is 5.38. The van der Waals surface area contributed by atoms with E-state index in [2.05, 4.69) is 69.5 Å². The average Bonchev–Trinajstić information content (AvgIpc) is 2.66. The maximum atomic E-state index is 11.5. The van der Waals surface area contributed by atoms with E-state index in [-0.39, 0.29) is 34.9 Å². The number of benzene rings is 2. The second-order valence-corrected chi connectivity index (χ2v) is 9.62. The number of phenolic OH excluding ortho intramolecular Hbond substituents is 1. The maximum Gasteiger partial charge on any atom is 0.262 e. The van der Waals surface area contributed by atoms with Crippen LogP contribution in [0.3, 0.4) is 0 Å². The molecule has 1 heterocycles. The minimum absolute atomic E-state index is 0.0824. The second kappa shape index (κ2) is 8.28. The number of carbonyl (C=O) groups excluding carboxylic acids is 1. The van der Waals surface area contributed by atoms with E-state index < -0.39 is 6.10 Å². The fourth-order valence-corrected chi connectivity index (χ4v) is 3.62. The molecule has 30 heavy (non-hydrogen) atoms. The molecule has 1 atom stereocenters. The number of β-amino-alcohol motifs (C(OH)–C–C–N with tert-alkyl or cyclic N) is 1. The lowest BCUT2D eigenvalue weighted by Gasteiger charge is -2.29. The normalized spacial score (nSPS) is 15.2. The van der Waals surface area contributed by atoms with E-state index in [1.54, 1.807) is 6.07 Å². The monoisotopic (exact) mass is 412 g/mol. The van der Waals surface area contributed by atoms with Gasteiger partial charge in [-0.15, -0.1) is 0 Å². The number of rotatable bonds is 6. The van der Waals surface area contributed by atoms with Gasteiger partial charge in [-0.25, -0.2) is 0 Å². The standard InChI is InChI=1S/C24H32N2O4/c1-23(2,3)16-8-6-15(7-9-16)12-24(4,5)25-13-19(28)17-10-11-18(27)21-22(17)30-14-20(29)26-21/h6-11,19,25,27-28H,12-14H2,1-5H3,(H,26,29). The lowest BCUT2D eigenvalue weighted by atomic mass is 9.85. The molecule has 0 fully saturated rings. The van der Waals surface area contributed by atoms with Gasteiger partial charge in [-0.2, -0.15) is 0 Å². The van der Waals surface area contributed by atoms with Crippen molar-refractivity contribution in [2.75, 3.05) is 18.5 Å². The average molecular weight is 413 g/mol. The highest BCUT2D eigenvalue weighted by molar-refractivity contribution is 5.97. The van der Waals surface area contributed by atoms with E-state index >= 15 is 0 Å². The summed E-state index contributed by atoms with van der Waals surface area (Å²) in [6, 6.07) is 11.7. The molecule has 1 aliphatic rings. The molecule has 6 nitrogen and oxygen atoms in total. The fourth-order valence-electron chi connectivity index (χ4n) is 3.62. The van der Waals surface area contributed by atoms with Gasteiger partial charge in [-0.3, -0.25) is 4.79 Å². The molecule has 162 valence electrons. The number of ether oxygens (including phenoxy) is 1. The summed E-state index contributed by atoms with van der Waals surface area (Å²) in [6.45, 7) is 11.0. The predicted octanol–water partition coefficient (Wildman–Crippen LogP) is 3.66. The Hall–Kier alpha value is -2.57. The van der Waals surface area contributed by atoms with Crippen molar-refractivity contribution in [3.63, 3.8) is 0 Å². The molecule has 1 unspecified atom stereocenters. The van der Waals surface area contributed by atoms with Gasteiger partial charge in [0.25, 0.3) is 5.91 Å². The molecule has 0 saturated carbocycles. The van der Waals surface area contributed by atoms with Crippen LogP contribution in [-0.4, -0.2) is 34.8 Å². The molecule has 4 N–H and O–H groups in total. The van der Waals surface area contributed by atoms with Crippen LogP contribution in [0.5, 0.6) is 11.5 Å². The van der Waals surface area contributed by atoms with Crippen LogP contribution in [0.1, 0.15) is 57.4 Å². The van der Waals surface area contributed by atoms with Gasteiger partial charge in [-0.05, 0) is 48.9 Å². The lowest BCUT2D eigenvalue weighted by Crippen LogP contribution is -2.43. The highest BCUT2D eigenvalue weighted by atomic mass is 16.5. The van der Waals surface area contributed by atoms with Crippen LogP contribution in [0.15, 0.2) is 36.4 Å². The Morgan fingerprint density at radius 2 is 1.77 bits per heavy atom. The second-order valence-electron chi connectivity index (χ2n) is 9.62. The molecule has 0 radical (unpaired) electrons. The van der Waals surface area contributed by atoms with E-state index in [0.29, 0.717) is 17.9 Å². The zero-order chi connectivity index (χ0) is 22.1. The summed E-state index contributed by atoms with van der Waals surface area (Å²) >= 11 is 0. The van der Waals surface area contributed by atoms with Crippen LogP contribution in [-0.2, 0) is 16.6 Å². The van der Waals surface area contributed by atoms with E-state index in [1.807, 2.05) is 0 Å². The summed E-state index contributed by atoms with van der Waals surface area (Å²) in [5.74, 6) is -0.0957. The molecular weight excluding hydrogens is 380 g/mol. The first-order valence-corrected chi connectivity index (χ1v) is 10.3. The van der Waals surface area contributed by atoms with Crippen molar-refractivity contribution in [3.8, 4) is 11.5 Å². The highest BCUT2D eigenvalue weighted by Crippen LogP contribution is 2.41. The van der Waals surface area contributed by atoms with E-state index in [4.69, 9.17) is 4.74 Å². The quantitative estimate of drug-likeness (QED) is 0.544. The van der Waals surface area contributed by atoms with E-state index in [1.165, 1.54) is 17.2 Å². The molecule has 0 spiro atoms. The molecule has 3 rings (SSSR count). The molecule has 2 aromatic carbocycles. The van der Waals surface area contributed by atoms with Crippen molar-refractivity contribution >= 4 is 11.6 Å². The Morgan fingerprint density at radius 1 is 1.10 bits per heavy atom. The largest absolute Gasteiger partial charge is 0.506 e. The molecular formula is C24H32N2O4.